The largest absolute Gasteiger partial charge is 0.399 e. The van der Waals surface area contributed by atoms with E-state index < -0.39 is 0 Å². The first-order valence-corrected chi connectivity index (χ1v) is 7.20. The van der Waals surface area contributed by atoms with Crippen LogP contribution in [-0.2, 0) is 6.54 Å². The van der Waals surface area contributed by atoms with E-state index in [-0.39, 0.29) is 0 Å². The molecule has 4 heteroatoms. The van der Waals surface area contributed by atoms with E-state index >= 15 is 0 Å². The SMILES string of the molecule is Cc1cnc(-c2cccc(N)c2)nc1NCc1ccccc1. The zero-order valence-corrected chi connectivity index (χ0v) is 12.5. The molecule has 4 nitrogen and oxygen atoms in total. The molecule has 2 aromatic carbocycles. The Morgan fingerprint density at radius 2 is 1.86 bits per heavy atom. The molecule has 3 rings (SSSR count). The summed E-state index contributed by atoms with van der Waals surface area (Å²) < 4.78 is 0. The van der Waals surface area contributed by atoms with Crippen LogP contribution in [0.25, 0.3) is 11.4 Å². The van der Waals surface area contributed by atoms with Crippen LogP contribution in [0.5, 0.6) is 0 Å². The van der Waals surface area contributed by atoms with Gasteiger partial charge in [-0.2, -0.15) is 0 Å². The summed E-state index contributed by atoms with van der Waals surface area (Å²) in [7, 11) is 0. The second-order valence-electron chi connectivity index (χ2n) is 5.19. The van der Waals surface area contributed by atoms with Gasteiger partial charge in [0.25, 0.3) is 0 Å². The van der Waals surface area contributed by atoms with Crippen LogP contribution in [0.4, 0.5) is 11.5 Å². The Hall–Kier alpha value is -2.88. The molecule has 0 saturated heterocycles. The number of nitrogens with two attached hydrogens (primary N) is 1. The van der Waals surface area contributed by atoms with Crippen molar-refractivity contribution < 1.29 is 0 Å². The summed E-state index contributed by atoms with van der Waals surface area (Å²) in [6.45, 7) is 2.73. The number of hydrogen-bond donors (Lipinski definition) is 2. The lowest BCUT2D eigenvalue weighted by Gasteiger charge is -2.10. The van der Waals surface area contributed by atoms with Gasteiger partial charge < -0.3 is 11.1 Å². The molecule has 0 atom stereocenters. The molecule has 22 heavy (non-hydrogen) atoms. The number of nitrogens with one attached hydrogen (secondary N) is 1. The molecule has 0 spiro atoms. The van der Waals surface area contributed by atoms with Crippen molar-refractivity contribution in [1.82, 2.24) is 9.97 Å². The summed E-state index contributed by atoms with van der Waals surface area (Å²) in [6.07, 6.45) is 1.83. The second-order valence-corrected chi connectivity index (χ2v) is 5.19. The Morgan fingerprint density at radius 3 is 2.64 bits per heavy atom. The van der Waals surface area contributed by atoms with Gasteiger partial charge in [-0.25, -0.2) is 9.97 Å². The minimum Gasteiger partial charge on any atom is -0.399 e. The van der Waals surface area contributed by atoms with Gasteiger partial charge >= 0.3 is 0 Å². The number of hydrogen-bond acceptors (Lipinski definition) is 4. The van der Waals surface area contributed by atoms with Crippen LogP contribution in [0.3, 0.4) is 0 Å². The average molecular weight is 290 g/mol. The molecule has 1 heterocycles. The lowest BCUT2D eigenvalue weighted by Crippen LogP contribution is -2.05. The third-order valence-electron chi connectivity index (χ3n) is 3.42. The van der Waals surface area contributed by atoms with E-state index in [1.807, 2.05) is 55.6 Å². The summed E-state index contributed by atoms with van der Waals surface area (Å²) in [5, 5.41) is 3.37. The quantitative estimate of drug-likeness (QED) is 0.720. The van der Waals surface area contributed by atoms with Crippen LogP contribution >= 0.6 is 0 Å². The van der Waals surface area contributed by atoms with E-state index in [4.69, 9.17) is 5.73 Å². The first-order chi connectivity index (χ1) is 10.7. The predicted molar refractivity (Wildman–Crippen MR) is 90.4 cm³/mol. The lowest BCUT2D eigenvalue weighted by atomic mass is 10.2. The number of rotatable bonds is 4. The van der Waals surface area contributed by atoms with Gasteiger partial charge in [0.15, 0.2) is 5.82 Å². The standard InChI is InChI=1S/C18H18N4/c1-13-11-20-18(15-8-5-9-16(19)10-15)22-17(13)21-12-14-6-3-2-4-7-14/h2-11H,12,19H2,1H3,(H,20,21,22). The molecular weight excluding hydrogens is 272 g/mol. The molecule has 0 radical (unpaired) electrons. The first kappa shape index (κ1) is 14.1. The molecule has 0 aliphatic rings. The zero-order valence-electron chi connectivity index (χ0n) is 12.5. The van der Waals surface area contributed by atoms with Crippen molar-refractivity contribution in [3.8, 4) is 11.4 Å². The molecule has 0 aliphatic carbocycles. The molecule has 110 valence electrons. The molecule has 0 fully saturated rings. The van der Waals surface area contributed by atoms with Crippen LogP contribution in [0.1, 0.15) is 11.1 Å². The number of benzene rings is 2. The fraction of sp³-hybridized carbons (Fsp3) is 0.111. The van der Waals surface area contributed by atoms with E-state index in [9.17, 15) is 0 Å². The number of aryl methyl sites for hydroxylation is 1. The molecule has 0 unspecified atom stereocenters. The molecule has 0 saturated carbocycles. The normalized spacial score (nSPS) is 10.4. The van der Waals surface area contributed by atoms with E-state index in [1.165, 1.54) is 5.56 Å². The van der Waals surface area contributed by atoms with Gasteiger partial charge in [-0.1, -0.05) is 42.5 Å². The third-order valence-corrected chi connectivity index (χ3v) is 3.42. The highest BCUT2D eigenvalue weighted by atomic mass is 15.0. The van der Waals surface area contributed by atoms with Gasteiger partial charge in [0.05, 0.1) is 0 Å². The number of aromatic nitrogens is 2. The van der Waals surface area contributed by atoms with E-state index in [2.05, 4.69) is 27.4 Å². The van der Waals surface area contributed by atoms with Crippen LogP contribution in [0, 0.1) is 6.92 Å². The van der Waals surface area contributed by atoms with Crippen molar-refractivity contribution in [3.05, 3.63) is 71.9 Å². The van der Waals surface area contributed by atoms with Gasteiger partial charge in [0.1, 0.15) is 5.82 Å². The maximum absolute atomic E-state index is 5.83. The van der Waals surface area contributed by atoms with Crippen molar-refractivity contribution in [2.45, 2.75) is 13.5 Å². The summed E-state index contributed by atoms with van der Waals surface area (Å²) in [5.41, 5.74) is 9.69. The van der Waals surface area contributed by atoms with Gasteiger partial charge in [-0.3, -0.25) is 0 Å². The fourth-order valence-electron chi connectivity index (χ4n) is 2.22. The summed E-state index contributed by atoms with van der Waals surface area (Å²) >= 11 is 0. The number of anilines is 2. The van der Waals surface area contributed by atoms with Crippen LogP contribution in [0.15, 0.2) is 60.8 Å². The van der Waals surface area contributed by atoms with Gasteiger partial charge in [-0.15, -0.1) is 0 Å². The van der Waals surface area contributed by atoms with Gasteiger partial charge in [-0.05, 0) is 24.6 Å². The van der Waals surface area contributed by atoms with Gasteiger partial charge in [0.2, 0.25) is 0 Å². The van der Waals surface area contributed by atoms with Crippen molar-refractivity contribution in [1.29, 1.82) is 0 Å². The lowest BCUT2D eigenvalue weighted by molar-refractivity contribution is 1.06. The highest BCUT2D eigenvalue weighted by Crippen LogP contribution is 2.21. The fourth-order valence-corrected chi connectivity index (χ4v) is 2.22. The highest BCUT2D eigenvalue weighted by Gasteiger charge is 2.06. The topological polar surface area (TPSA) is 63.8 Å². The predicted octanol–water partition coefficient (Wildman–Crippen LogP) is 3.65. The van der Waals surface area contributed by atoms with Gasteiger partial charge in [0, 0.05) is 29.6 Å². The summed E-state index contributed by atoms with van der Waals surface area (Å²) in [5.74, 6) is 1.52. The Labute approximate surface area is 130 Å². The van der Waals surface area contributed by atoms with Crippen LogP contribution < -0.4 is 11.1 Å². The minimum atomic E-state index is 0.675. The maximum atomic E-state index is 5.83. The smallest absolute Gasteiger partial charge is 0.161 e. The Bertz CT molecular complexity index is 769. The number of nitrogens with zero attached hydrogens (tertiary/aromatic N) is 2. The summed E-state index contributed by atoms with van der Waals surface area (Å²) in [6, 6.07) is 17.8. The molecule has 0 amide bonds. The molecular formula is C18H18N4. The highest BCUT2D eigenvalue weighted by molar-refractivity contribution is 5.62. The van der Waals surface area contributed by atoms with Crippen molar-refractivity contribution in [3.63, 3.8) is 0 Å². The molecule has 3 aromatic rings. The Kier molecular flexibility index (Phi) is 4.01. The van der Waals surface area contributed by atoms with Crippen molar-refractivity contribution in [2.75, 3.05) is 11.1 Å². The third kappa shape index (κ3) is 3.23. The maximum Gasteiger partial charge on any atom is 0.161 e. The first-order valence-electron chi connectivity index (χ1n) is 7.20. The molecule has 1 aromatic heterocycles. The van der Waals surface area contributed by atoms with E-state index in [0.717, 1.165) is 23.5 Å². The van der Waals surface area contributed by atoms with Crippen molar-refractivity contribution in [2.24, 2.45) is 0 Å². The monoisotopic (exact) mass is 290 g/mol. The molecule has 0 bridgehead atoms. The Balaban J connectivity index is 1.84. The zero-order chi connectivity index (χ0) is 15.4. The van der Waals surface area contributed by atoms with Crippen LogP contribution in [0.2, 0.25) is 0 Å². The summed E-state index contributed by atoms with van der Waals surface area (Å²) in [4.78, 5) is 9.02. The molecule has 0 aliphatic heterocycles. The number of nitrogen functional groups attached to an aromatic ring is 1. The second kappa shape index (κ2) is 6.26. The van der Waals surface area contributed by atoms with E-state index in [0.29, 0.717) is 11.5 Å². The molecule has 3 N–H and O–H groups in total. The Morgan fingerprint density at radius 1 is 1.05 bits per heavy atom. The van der Waals surface area contributed by atoms with Crippen molar-refractivity contribution >= 4 is 11.5 Å². The average Bonchev–Trinajstić information content (AvgIpc) is 2.55. The minimum absolute atomic E-state index is 0.675. The van der Waals surface area contributed by atoms with E-state index in [1.54, 1.807) is 0 Å². The van der Waals surface area contributed by atoms with Crippen LogP contribution in [-0.4, -0.2) is 9.97 Å².